The second kappa shape index (κ2) is 5.51. The lowest BCUT2D eigenvalue weighted by molar-refractivity contribution is -0.120. The van der Waals surface area contributed by atoms with Gasteiger partial charge < -0.3 is 14.8 Å². The molecular weight excluding hydrogens is 242 g/mol. The smallest absolute Gasteiger partial charge is 0.231 e. The predicted molar refractivity (Wildman–Crippen MR) is 72.4 cm³/mol. The van der Waals surface area contributed by atoms with E-state index in [1.807, 2.05) is 18.2 Å². The van der Waals surface area contributed by atoms with Crippen LogP contribution in [0.3, 0.4) is 0 Å². The second-order valence-corrected chi connectivity index (χ2v) is 5.25. The number of benzene rings is 1. The molecule has 1 N–H and O–H groups in total. The number of nitrogens with one attached hydrogen (secondary N) is 1. The average molecular weight is 261 g/mol. The zero-order valence-electron chi connectivity index (χ0n) is 11.0. The number of hydrogen-bond donors (Lipinski definition) is 1. The molecule has 0 atom stereocenters. The van der Waals surface area contributed by atoms with Crippen molar-refractivity contribution in [3.8, 4) is 11.5 Å². The van der Waals surface area contributed by atoms with Crippen LogP contribution in [0.2, 0.25) is 0 Å². The quantitative estimate of drug-likeness (QED) is 0.831. The molecule has 1 amide bonds. The number of hydrogen-bond acceptors (Lipinski definition) is 3. The molecule has 0 radical (unpaired) electrons. The van der Waals surface area contributed by atoms with Crippen molar-refractivity contribution < 1.29 is 14.3 Å². The van der Waals surface area contributed by atoms with Crippen LogP contribution in [-0.4, -0.2) is 12.7 Å². The third-order valence-corrected chi connectivity index (χ3v) is 3.87. The molecule has 0 saturated heterocycles. The van der Waals surface area contributed by atoms with Crippen LogP contribution in [-0.2, 0) is 4.79 Å². The maximum Gasteiger partial charge on any atom is 0.231 e. The number of amides is 1. The Bertz CT molecular complexity index is 464. The third kappa shape index (κ3) is 2.83. The van der Waals surface area contributed by atoms with E-state index in [1.165, 1.54) is 25.7 Å². The minimum atomic E-state index is 0.140. The Morgan fingerprint density at radius 2 is 1.79 bits per heavy atom. The molecule has 2 aliphatic rings. The maximum atomic E-state index is 12.2. The van der Waals surface area contributed by atoms with Crippen LogP contribution in [0.4, 0.5) is 5.69 Å². The first kappa shape index (κ1) is 12.3. The summed E-state index contributed by atoms with van der Waals surface area (Å²) < 4.78 is 10.6. The Morgan fingerprint density at radius 1 is 1.05 bits per heavy atom. The molecule has 1 aromatic carbocycles. The van der Waals surface area contributed by atoms with Crippen molar-refractivity contribution in [3.63, 3.8) is 0 Å². The molecule has 1 saturated carbocycles. The monoisotopic (exact) mass is 261 g/mol. The van der Waals surface area contributed by atoms with E-state index in [4.69, 9.17) is 9.47 Å². The Morgan fingerprint density at radius 3 is 2.58 bits per heavy atom. The van der Waals surface area contributed by atoms with Gasteiger partial charge in [0.2, 0.25) is 12.7 Å². The van der Waals surface area contributed by atoms with Crippen LogP contribution in [0.25, 0.3) is 0 Å². The van der Waals surface area contributed by atoms with Crippen molar-refractivity contribution in [1.29, 1.82) is 0 Å². The summed E-state index contributed by atoms with van der Waals surface area (Å²) in [5, 5.41) is 2.99. The fraction of sp³-hybridized carbons (Fsp3) is 0.533. The topological polar surface area (TPSA) is 47.6 Å². The van der Waals surface area contributed by atoms with E-state index in [2.05, 4.69) is 5.32 Å². The summed E-state index contributed by atoms with van der Waals surface area (Å²) >= 11 is 0. The van der Waals surface area contributed by atoms with Gasteiger partial charge in [-0.1, -0.05) is 25.7 Å². The molecule has 1 fully saturated rings. The highest BCUT2D eigenvalue weighted by molar-refractivity contribution is 5.92. The second-order valence-electron chi connectivity index (χ2n) is 5.25. The summed E-state index contributed by atoms with van der Waals surface area (Å²) in [6.45, 7) is 0.259. The molecular formula is C15H19NO3. The van der Waals surface area contributed by atoms with Gasteiger partial charge in [0.05, 0.1) is 0 Å². The number of anilines is 1. The summed E-state index contributed by atoms with van der Waals surface area (Å²) in [5.41, 5.74) is 0.790. The van der Waals surface area contributed by atoms with Gasteiger partial charge in [-0.2, -0.15) is 0 Å². The molecule has 3 rings (SSSR count). The SMILES string of the molecule is O=C(Nc1ccc2c(c1)OCO2)C1CCCCCC1. The lowest BCUT2D eigenvalue weighted by Crippen LogP contribution is -2.22. The minimum absolute atomic E-state index is 0.140. The average Bonchev–Trinajstić information content (AvgIpc) is 2.71. The molecule has 0 unspecified atom stereocenters. The molecule has 1 heterocycles. The van der Waals surface area contributed by atoms with E-state index in [0.29, 0.717) is 5.75 Å². The Balaban J connectivity index is 1.65. The Labute approximate surface area is 113 Å². The van der Waals surface area contributed by atoms with E-state index >= 15 is 0 Å². The molecule has 4 heteroatoms. The van der Waals surface area contributed by atoms with Gasteiger partial charge in [0.25, 0.3) is 0 Å². The Hall–Kier alpha value is -1.71. The highest BCUT2D eigenvalue weighted by atomic mass is 16.7. The fourth-order valence-electron chi connectivity index (χ4n) is 2.76. The van der Waals surface area contributed by atoms with Crippen molar-refractivity contribution in [2.24, 2.45) is 5.92 Å². The molecule has 1 aromatic rings. The fourth-order valence-corrected chi connectivity index (χ4v) is 2.76. The molecule has 19 heavy (non-hydrogen) atoms. The lowest BCUT2D eigenvalue weighted by atomic mass is 9.99. The lowest BCUT2D eigenvalue weighted by Gasteiger charge is -2.14. The van der Waals surface area contributed by atoms with Gasteiger partial charge in [-0.25, -0.2) is 0 Å². The predicted octanol–water partition coefficient (Wildman–Crippen LogP) is 3.32. The summed E-state index contributed by atoms with van der Waals surface area (Å²) in [5.74, 6) is 1.75. The molecule has 1 aliphatic heterocycles. The number of ether oxygens (including phenoxy) is 2. The molecule has 4 nitrogen and oxygen atoms in total. The number of carbonyl (C=O) groups excluding carboxylic acids is 1. The van der Waals surface area contributed by atoms with Crippen LogP contribution < -0.4 is 14.8 Å². The van der Waals surface area contributed by atoms with Crippen LogP contribution in [0.15, 0.2) is 18.2 Å². The van der Waals surface area contributed by atoms with Crippen molar-refractivity contribution in [2.45, 2.75) is 38.5 Å². The van der Waals surface area contributed by atoms with Crippen molar-refractivity contribution in [2.75, 3.05) is 12.1 Å². The molecule has 0 bridgehead atoms. The van der Waals surface area contributed by atoms with Crippen molar-refractivity contribution in [3.05, 3.63) is 18.2 Å². The summed E-state index contributed by atoms with van der Waals surface area (Å²) in [6.07, 6.45) is 6.87. The number of fused-ring (bicyclic) bond motifs is 1. The van der Waals surface area contributed by atoms with Gasteiger partial charge in [-0.3, -0.25) is 4.79 Å². The van der Waals surface area contributed by atoms with E-state index in [1.54, 1.807) is 0 Å². The first-order chi connectivity index (χ1) is 9.33. The van der Waals surface area contributed by atoms with E-state index in [-0.39, 0.29) is 18.6 Å². The summed E-state index contributed by atoms with van der Waals surface area (Å²) in [6, 6.07) is 5.53. The van der Waals surface area contributed by atoms with Crippen LogP contribution in [0.1, 0.15) is 38.5 Å². The highest BCUT2D eigenvalue weighted by Crippen LogP contribution is 2.34. The van der Waals surface area contributed by atoms with Gasteiger partial charge in [0, 0.05) is 17.7 Å². The number of rotatable bonds is 2. The van der Waals surface area contributed by atoms with Crippen molar-refractivity contribution in [1.82, 2.24) is 0 Å². The molecule has 1 aliphatic carbocycles. The van der Waals surface area contributed by atoms with E-state index in [0.717, 1.165) is 24.3 Å². The minimum Gasteiger partial charge on any atom is -0.454 e. The van der Waals surface area contributed by atoms with Crippen LogP contribution >= 0.6 is 0 Å². The zero-order chi connectivity index (χ0) is 13.1. The van der Waals surface area contributed by atoms with E-state index < -0.39 is 0 Å². The van der Waals surface area contributed by atoms with Gasteiger partial charge in [-0.15, -0.1) is 0 Å². The van der Waals surface area contributed by atoms with Gasteiger partial charge in [-0.05, 0) is 25.0 Å². The normalized spacial score (nSPS) is 18.9. The molecule has 0 spiro atoms. The van der Waals surface area contributed by atoms with Gasteiger partial charge in [0.1, 0.15) is 0 Å². The standard InChI is InChI=1S/C15H19NO3/c17-15(11-5-3-1-2-4-6-11)16-12-7-8-13-14(9-12)19-10-18-13/h7-9,11H,1-6,10H2,(H,16,17). The third-order valence-electron chi connectivity index (χ3n) is 3.87. The highest BCUT2D eigenvalue weighted by Gasteiger charge is 2.21. The summed E-state index contributed by atoms with van der Waals surface area (Å²) in [4.78, 5) is 12.2. The first-order valence-corrected chi connectivity index (χ1v) is 7.03. The molecule has 102 valence electrons. The van der Waals surface area contributed by atoms with Crippen LogP contribution in [0.5, 0.6) is 11.5 Å². The van der Waals surface area contributed by atoms with E-state index in [9.17, 15) is 4.79 Å². The molecule has 0 aromatic heterocycles. The van der Waals surface area contributed by atoms with Gasteiger partial charge in [0.15, 0.2) is 11.5 Å². The largest absolute Gasteiger partial charge is 0.454 e. The number of carbonyl (C=O) groups is 1. The maximum absolute atomic E-state index is 12.2. The van der Waals surface area contributed by atoms with Crippen LogP contribution in [0, 0.1) is 5.92 Å². The first-order valence-electron chi connectivity index (χ1n) is 7.03. The summed E-state index contributed by atoms with van der Waals surface area (Å²) in [7, 11) is 0. The van der Waals surface area contributed by atoms with Crippen molar-refractivity contribution >= 4 is 11.6 Å². The van der Waals surface area contributed by atoms with Gasteiger partial charge >= 0.3 is 0 Å². The Kier molecular flexibility index (Phi) is 3.58. The zero-order valence-corrected chi connectivity index (χ0v) is 11.0.